The van der Waals surface area contributed by atoms with E-state index in [2.05, 4.69) is 24.9 Å². The number of aromatic nitrogens is 3. The number of ether oxygens (including phenoxy) is 1. The zero-order chi connectivity index (χ0) is 29.7. The lowest BCUT2D eigenvalue weighted by atomic mass is 9.96. The molecule has 10 nitrogen and oxygen atoms in total. The van der Waals surface area contributed by atoms with Crippen LogP contribution < -0.4 is 15.0 Å². The van der Waals surface area contributed by atoms with E-state index in [0.717, 1.165) is 0 Å². The highest BCUT2D eigenvalue weighted by Crippen LogP contribution is 2.48. The minimum Gasteiger partial charge on any atom is -0.457 e. The van der Waals surface area contributed by atoms with Crippen molar-refractivity contribution in [1.82, 2.24) is 15.2 Å². The molecule has 0 radical (unpaired) electrons. The number of halogens is 3. The van der Waals surface area contributed by atoms with Crippen LogP contribution >= 0.6 is 11.3 Å². The van der Waals surface area contributed by atoms with Gasteiger partial charge in [0.15, 0.2) is 0 Å². The monoisotopic (exact) mass is 616 g/mol. The number of carbonyl (C=O) groups is 1. The summed E-state index contributed by atoms with van der Waals surface area (Å²) in [5, 5.41) is 12.1. The molecule has 1 aliphatic heterocycles. The lowest BCUT2D eigenvalue weighted by molar-refractivity contribution is -0.138. The first-order chi connectivity index (χ1) is 20.2. The van der Waals surface area contributed by atoms with E-state index in [4.69, 9.17) is 4.74 Å². The minimum atomic E-state index is -4.86. The first-order valence-corrected chi connectivity index (χ1v) is 14.6. The van der Waals surface area contributed by atoms with E-state index in [1.54, 1.807) is 24.3 Å². The van der Waals surface area contributed by atoms with Crippen LogP contribution in [-0.2, 0) is 16.7 Å². The molecule has 1 saturated heterocycles. The standard InChI is InChI=1S/C27H23F3N6O4S2/c28-27(29,30)23-22(40-19-6-2-1-3-7-19)9-8-20(24(23)36-12-4-5-17(15-36)13-33-42(38)39)34-25(37)21-16-41-26(35-21)18-10-11-31-32-14-18/h1-3,6-11,14,16-17H,4-5,12-13,15H2,(H,34,37)/t17-/m1/s1. The number of alkyl halides is 3. The second-order valence-electron chi connectivity index (χ2n) is 9.35. The van der Waals surface area contributed by atoms with Crippen molar-refractivity contribution in [3.63, 3.8) is 0 Å². The van der Waals surface area contributed by atoms with Gasteiger partial charge in [0.05, 0.1) is 30.3 Å². The van der Waals surface area contributed by atoms with Gasteiger partial charge >= 0.3 is 16.7 Å². The van der Waals surface area contributed by atoms with Crippen LogP contribution in [0, 0.1) is 5.92 Å². The second kappa shape index (κ2) is 12.7. The fourth-order valence-corrected chi connectivity index (χ4v) is 5.80. The van der Waals surface area contributed by atoms with Crippen molar-refractivity contribution in [2.45, 2.75) is 19.0 Å². The average Bonchev–Trinajstić information content (AvgIpc) is 3.48. The Labute approximate surface area is 243 Å². The number of amides is 1. The number of nitrogens with zero attached hydrogens (tertiary/aromatic N) is 5. The average molecular weight is 617 g/mol. The molecule has 1 fully saturated rings. The number of para-hydroxylation sites is 1. The first-order valence-electron chi connectivity index (χ1n) is 12.7. The summed E-state index contributed by atoms with van der Waals surface area (Å²) in [4.78, 5) is 19.1. The van der Waals surface area contributed by atoms with Gasteiger partial charge in [0.1, 0.15) is 27.8 Å². The van der Waals surface area contributed by atoms with Gasteiger partial charge in [-0.3, -0.25) is 4.79 Å². The predicted molar refractivity (Wildman–Crippen MR) is 150 cm³/mol. The summed E-state index contributed by atoms with van der Waals surface area (Å²) < 4.78 is 75.6. The summed E-state index contributed by atoms with van der Waals surface area (Å²) in [6, 6.07) is 12.3. The van der Waals surface area contributed by atoms with Gasteiger partial charge in [0.2, 0.25) is 0 Å². The lowest BCUT2D eigenvalue weighted by Gasteiger charge is -2.36. The van der Waals surface area contributed by atoms with Gasteiger partial charge in [-0.05, 0) is 49.1 Å². The van der Waals surface area contributed by atoms with E-state index in [-0.39, 0.29) is 48.4 Å². The zero-order valence-electron chi connectivity index (χ0n) is 21.8. The first kappa shape index (κ1) is 29.1. The molecule has 0 unspecified atom stereocenters. The van der Waals surface area contributed by atoms with Crippen LogP contribution in [0.4, 0.5) is 24.5 Å². The van der Waals surface area contributed by atoms with Crippen molar-refractivity contribution in [3.05, 3.63) is 77.6 Å². The van der Waals surface area contributed by atoms with E-state index in [1.165, 1.54) is 58.3 Å². The van der Waals surface area contributed by atoms with Crippen molar-refractivity contribution in [2.24, 2.45) is 10.3 Å². The van der Waals surface area contributed by atoms with Crippen LogP contribution in [0.2, 0.25) is 0 Å². The molecule has 1 atom stereocenters. The summed E-state index contributed by atoms with van der Waals surface area (Å²) in [6.07, 6.45) is -0.812. The molecular formula is C27H23F3N6O4S2. The van der Waals surface area contributed by atoms with Gasteiger partial charge in [0, 0.05) is 24.0 Å². The van der Waals surface area contributed by atoms with Crippen LogP contribution in [0.1, 0.15) is 28.9 Å². The Morgan fingerprint density at radius 3 is 2.67 bits per heavy atom. The lowest BCUT2D eigenvalue weighted by Crippen LogP contribution is -2.38. The van der Waals surface area contributed by atoms with Crippen molar-refractivity contribution in [2.75, 3.05) is 29.9 Å². The quantitative estimate of drug-likeness (QED) is 0.258. The SMILES string of the molecule is O=C(Nc1ccc(Oc2ccccc2)c(C(F)(F)F)c1N1CCC[C@H](CN=S(=O)=O)C1)c1csc(-c2ccnnc2)n1. The van der Waals surface area contributed by atoms with Crippen molar-refractivity contribution in [1.29, 1.82) is 0 Å². The Bertz CT molecular complexity index is 1690. The van der Waals surface area contributed by atoms with Crippen LogP contribution in [0.3, 0.4) is 0 Å². The van der Waals surface area contributed by atoms with Crippen LogP contribution in [-0.4, -0.2) is 49.1 Å². The van der Waals surface area contributed by atoms with E-state index < -0.39 is 33.9 Å². The minimum absolute atomic E-state index is 0.0178. The molecule has 15 heteroatoms. The maximum Gasteiger partial charge on any atom is 0.422 e. The van der Waals surface area contributed by atoms with Gasteiger partial charge in [-0.15, -0.1) is 11.3 Å². The number of piperidine rings is 1. The molecule has 1 aliphatic rings. The highest BCUT2D eigenvalue weighted by atomic mass is 32.2. The molecular weight excluding hydrogens is 593 g/mol. The van der Waals surface area contributed by atoms with Gasteiger partial charge < -0.3 is 15.0 Å². The number of hydrogen-bond donors (Lipinski definition) is 1. The molecule has 3 heterocycles. The third-order valence-electron chi connectivity index (χ3n) is 6.48. The summed E-state index contributed by atoms with van der Waals surface area (Å²) in [5.41, 5.74) is -0.760. The molecule has 1 amide bonds. The van der Waals surface area contributed by atoms with Gasteiger partial charge in [-0.25, -0.2) is 4.98 Å². The maximum absolute atomic E-state index is 14.8. The molecule has 1 N–H and O–H groups in total. The Hall–Kier alpha value is -4.37. The fraction of sp³-hybridized carbons (Fsp3) is 0.259. The van der Waals surface area contributed by atoms with Crippen molar-refractivity contribution < 1.29 is 31.1 Å². The number of hydrogen-bond acceptors (Lipinski definition) is 10. The number of benzene rings is 2. The molecule has 218 valence electrons. The van der Waals surface area contributed by atoms with Crippen molar-refractivity contribution in [3.8, 4) is 22.1 Å². The molecule has 0 spiro atoms. The third-order valence-corrected chi connectivity index (χ3v) is 7.74. The largest absolute Gasteiger partial charge is 0.457 e. The van der Waals surface area contributed by atoms with E-state index in [0.29, 0.717) is 23.4 Å². The Morgan fingerprint density at radius 1 is 1.14 bits per heavy atom. The molecule has 2 aromatic heterocycles. The van der Waals surface area contributed by atoms with Gasteiger partial charge in [0.25, 0.3) is 5.91 Å². The number of rotatable bonds is 8. The second-order valence-corrected chi connectivity index (χ2v) is 10.9. The number of nitrogens with one attached hydrogen (secondary N) is 1. The van der Waals surface area contributed by atoms with Crippen molar-refractivity contribution >= 4 is 39.1 Å². The van der Waals surface area contributed by atoms with Crippen LogP contribution in [0.25, 0.3) is 10.6 Å². The molecule has 0 bridgehead atoms. The van der Waals surface area contributed by atoms with E-state index in [9.17, 15) is 26.4 Å². The number of thiazole rings is 1. The molecule has 5 rings (SSSR count). The number of anilines is 2. The summed E-state index contributed by atoms with van der Waals surface area (Å²) in [7, 11) is -2.63. The maximum atomic E-state index is 14.8. The van der Waals surface area contributed by atoms with Crippen LogP contribution in [0.15, 0.2) is 70.7 Å². The normalized spacial score (nSPS) is 15.2. The summed E-state index contributed by atoms with van der Waals surface area (Å²) >= 11 is 1.18. The Kier molecular flexibility index (Phi) is 8.77. The molecule has 4 aromatic rings. The fourth-order valence-electron chi connectivity index (χ4n) is 4.67. The highest BCUT2D eigenvalue weighted by molar-refractivity contribution is 7.61. The zero-order valence-corrected chi connectivity index (χ0v) is 23.4. The van der Waals surface area contributed by atoms with Crippen LogP contribution in [0.5, 0.6) is 11.5 Å². The van der Waals surface area contributed by atoms with E-state index >= 15 is 0 Å². The summed E-state index contributed by atoms with van der Waals surface area (Å²) in [5.74, 6) is -1.24. The highest BCUT2D eigenvalue weighted by Gasteiger charge is 2.41. The Morgan fingerprint density at radius 2 is 1.95 bits per heavy atom. The predicted octanol–water partition coefficient (Wildman–Crippen LogP) is 5.94. The molecule has 2 aromatic carbocycles. The molecule has 42 heavy (non-hydrogen) atoms. The van der Waals surface area contributed by atoms with Gasteiger partial charge in [-0.1, -0.05) is 18.2 Å². The third kappa shape index (κ3) is 6.91. The molecule has 0 aliphatic carbocycles. The summed E-state index contributed by atoms with van der Waals surface area (Å²) in [6.45, 7) is 0.284. The van der Waals surface area contributed by atoms with E-state index in [1.807, 2.05) is 0 Å². The Balaban J connectivity index is 1.55. The topological polar surface area (TPSA) is 127 Å². The molecule has 0 saturated carbocycles. The van der Waals surface area contributed by atoms with Gasteiger partial charge in [-0.2, -0.15) is 36.1 Å². The smallest absolute Gasteiger partial charge is 0.422 e. The number of carbonyl (C=O) groups excluding carboxylic acids is 1.